The van der Waals surface area contributed by atoms with Crippen LogP contribution in [-0.2, 0) is 4.79 Å². The zero-order valence-electron chi connectivity index (χ0n) is 14.7. The van der Waals surface area contributed by atoms with Gasteiger partial charge in [0, 0.05) is 5.92 Å². The first-order chi connectivity index (χ1) is 12.3. The summed E-state index contributed by atoms with van der Waals surface area (Å²) < 4.78 is 5.53. The molecule has 0 saturated carbocycles. The molecule has 1 aliphatic rings. The van der Waals surface area contributed by atoms with Gasteiger partial charge in [-0.1, -0.05) is 42.5 Å². The lowest BCUT2D eigenvalue weighted by Crippen LogP contribution is -2.40. The van der Waals surface area contributed by atoms with Crippen LogP contribution in [0.1, 0.15) is 36.9 Å². The molecule has 0 spiro atoms. The van der Waals surface area contributed by atoms with Crippen molar-refractivity contribution in [2.24, 2.45) is 5.92 Å². The second-order valence-corrected chi connectivity index (χ2v) is 6.38. The molecule has 4 heteroatoms. The average molecular weight is 338 g/mol. The van der Waals surface area contributed by atoms with E-state index in [1.807, 2.05) is 49.4 Å². The third kappa shape index (κ3) is 4.60. The van der Waals surface area contributed by atoms with E-state index in [-0.39, 0.29) is 17.9 Å². The summed E-state index contributed by atoms with van der Waals surface area (Å²) in [5.74, 6) is 1.09. The van der Waals surface area contributed by atoms with Gasteiger partial charge in [-0.3, -0.25) is 4.79 Å². The van der Waals surface area contributed by atoms with Gasteiger partial charge in [0.15, 0.2) is 0 Å². The maximum absolute atomic E-state index is 12.8. The van der Waals surface area contributed by atoms with E-state index in [4.69, 9.17) is 4.74 Å². The molecule has 1 unspecified atom stereocenters. The van der Waals surface area contributed by atoms with Gasteiger partial charge in [-0.15, -0.1) is 0 Å². The summed E-state index contributed by atoms with van der Waals surface area (Å²) in [6.45, 7) is 4.45. The molecule has 1 heterocycles. The molecule has 2 aromatic rings. The van der Waals surface area contributed by atoms with Crippen molar-refractivity contribution in [2.75, 3.05) is 19.7 Å². The second-order valence-electron chi connectivity index (χ2n) is 6.38. The molecule has 1 fully saturated rings. The van der Waals surface area contributed by atoms with Crippen LogP contribution in [0.5, 0.6) is 5.75 Å². The van der Waals surface area contributed by atoms with Crippen molar-refractivity contribution in [3.8, 4) is 5.75 Å². The minimum absolute atomic E-state index is 0.0927. The summed E-state index contributed by atoms with van der Waals surface area (Å²) in [5, 5.41) is 6.57. The van der Waals surface area contributed by atoms with Gasteiger partial charge in [-0.2, -0.15) is 0 Å². The SMILES string of the molecule is CCOc1ccc(C(NC(=O)C2CCNCC2)c2ccccc2)cc1. The lowest BCUT2D eigenvalue weighted by molar-refractivity contribution is -0.126. The minimum Gasteiger partial charge on any atom is -0.494 e. The van der Waals surface area contributed by atoms with Gasteiger partial charge in [0.1, 0.15) is 5.75 Å². The predicted octanol–water partition coefficient (Wildman–Crippen LogP) is 3.29. The lowest BCUT2D eigenvalue weighted by Gasteiger charge is -2.26. The molecular formula is C21H26N2O2. The molecular weight excluding hydrogens is 312 g/mol. The van der Waals surface area contributed by atoms with E-state index in [0.717, 1.165) is 42.8 Å². The number of ether oxygens (including phenoxy) is 1. The van der Waals surface area contributed by atoms with E-state index in [9.17, 15) is 4.79 Å². The Morgan fingerprint density at radius 2 is 1.72 bits per heavy atom. The highest BCUT2D eigenvalue weighted by Gasteiger charge is 2.24. The van der Waals surface area contributed by atoms with Crippen molar-refractivity contribution in [2.45, 2.75) is 25.8 Å². The highest BCUT2D eigenvalue weighted by Crippen LogP contribution is 2.25. The molecule has 1 amide bonds. The molecule has 0 aliphatic carbocycles. The molecule has 0 aromatic heterocycles. The number of hydrogen-bond donors (Lipinski definition) is 2. The van der Waals surface area contributed by atoms with Gasteiger partial charge in [-0.05, 0) is 56.1 Å². The lowest BCUT2D eigenvalue weighted by atomic mass is 9.94. The van der Waals surface area contributed by atoms with Crippen molar-refractivity contribution in [3.05, 3.63) is 65.7 Å². The van der Waals surface area contributed by atoms with Crippen LogP contribution in [0.25, 0.3) is 0 Å². The van der Waals surface area contributed by atoms with Gasteiger partial charge < -0.3 is 15.4 Å². The summed E-state index contributed by atoms with van der Waals surface area (Å²) >= 11 is 0. The van der Waals surface area contributed by atoms with Crippen molar-refractivity contribution >= 4 is 5.91 Å². The first kappa shape index (κ1) is 17.5. The third-order valence-corrected chi connectivity index (χ3v) is 4.65. The number of rotatable bonds is 6. The molecule has 25 heavy (non-hydrogen) atoms. The number of carbonyl (C=O) groups excluding carboxylic acids is 1. The van der Waals surface area contributed by atoms with Crippen molar-refractivity contribution in [1.29, 1.82) is 0 Å². The number of amides is 1. The topological polar surface area (TPSA) is 50.4 Å². The smallest absolute Gasteiger partial charge is 0.223 e. The molecule has 3 rings (SSSR count). The van der Waals surface area contributed by atoms with E-state index in [1.165, 1.54) is 0 Å². The van der Waals surface area contributed by atoms with Crippen LogP contribution in [0.15, 0.2) is 54.6 Å². The Morgan fingerprint density at radius 1 is 1.08 bits per heavy atom. The highest BCUT2D eigenvalue weighted by atomic mass is 16.5. The standard InChI is InChI=1S/C21H26N2O2/c1-2-25-19-10-8-17(9-11-19)20(16-6-4-3-5-7-16)23-21(24)18-12-14-22-15-13-18/h3-11,18,20,22H,2,12-15H2,1H3,(H,23,24). The van der Waals surface area contributed by atoms with E-state index in [1.54, 1.807) is 0 Å². The maximum Gasteiger partial charge on any atom is 0.223 e. The van der Waals surface area contributed by atoms with E-state index in [2.05, 4.69) is 22.8 Å². The molecule has 2 aromatic carbocycles. The zero-order chi connectivity index (χ0) is 17.5. The summed E-state index contributed by atoms with van der Waals surface area (Å²) in [6.07, 6.45) is 1.80. The third-order valence-electron chi connectivity index (χ3n) is 4.65. The molecule has 4 nitrogen and oxygen atoms in total. The van der Waals surface area contributed by atoms with Gasteiger partial charge in [0.2, 0.25) is 5.91 Å². The van der Waals surface area contributed by atoms with Crippen molar-refractivity contribution < 1.29 is 9.53 Å². The van der Waals surface area contributed by atoms with Gasteiger partial charge in [0.05, 0.1) is 12.6 Å². The van der Waals surface area contributed by atoms with Crippen LogP contribution in [0.4, 0.5) is 0 Å². The Bertz CT molecular complexity index is 664. The van der Waals surface area contributed by atoms with Crippen molar-refractivity contribution in [1.82, 2.24) is 10.6 Å². The maximum atomic E-state index is 12.8. The van der Waals surface area contributed by atoms with E-state index < -0.39 is 0 Å². The number of nitrogens with one attached hydrogen (secondary N) is 2. The van der Waals surface area contributed by atoms with Crippen LogP contribution in [0, 0.1) is 5.92 Å². The number of hydrogen-bond acceptors (Lipinski definition) is 3. The van der Waals surface area contributed by atoms with Crippen LogP contribution < -0.4 is 15.4 Å². The monoisotopic (exact) mass is 338 g/mol. The quantitative estimate of drug-likeness (QED) is 0.850. The summed E-state index contributed by atoms with van der Waals surface area (Å²) in [5.41, 5.74) is 2.16. The molecule has 1 atom stereocenters. The highest BCUT2D eigenvalue weighted by molar-refractivity contribution is 5.79. The van der Waals surface area contributed by atoms with E-state index >= 15 is 0 Å². The molecule has 0 radical (unpaired) electrons. The number of piperidine rings is 1. The normalized spacial score (nSPS) is 16.2. The fraction of sp³-hybridized carbons (Fsp3) is 0.381. The molecule has 132 valence electrons. The summed E-state index contributed by atoms with van der Waals surface area (Å²) in [7, 11) is 0. The Hall–Kier alpha value is -2.33. The largest absolute Gasteiger partial charge is 0.494 e. The Labute approximate surface area is 149 Å². The predicted molar refractivity (Wildman–Crippen MR) is 99.6 cm³/mol. The first-order valence-electron chi connectivity index (χ1n) is 9.06. The number of benzene rings is 2. The van der Waals surface area contributed by atoms with Crippen LogP contribution in [-0.4, -0.2) is 25.6 Å². The minimum atomic E-state index is -0.140. The van der Waals surface area contributed by atoms with E-state index in [0.29, 0.717) is 6.61 Å². The van der Waals surface area contributed by atoms with Gasteiger partial charge >= 0.3 is 0 Å². The van der Waals surface area contributed by atoms with Crippen LogP contribution in [0.2, 0.25) is 0 Å². The van der Waals surface area contributed by atoms with Gasteiger partial charge in [0.25, 0.3) is 0 Å². The Kier molecular flexibility index (Phi) is 6.07. The van der Waals surface area contributed by atoms with Gasteiger partial charge in [-0.25, -0.2) is 0 Å². The zero-order valence-corrected chi connectivity index (χ0v) is 14.7. The Morgan fingerprint density at radius 3 is 2.36 bits per heavy atom. The average Bonchev–Trinajstić information content (AvgIpc) is 2.68. The second kappa shape index (κ2) is 8.67. The molecule has 1 aliphatic heterocycles. The molecule has 1 saturated heterocycles. The summed E-state index contributed by atoms with van der Waals surface area (Å²) in [6, 6.07) is 18.0. The fourth-order valence-electron chi connectivity index (χ4n) is 3.27. The Balaban J connectivity index is 1.81. The number of carbonyl (C=O) groups is 1. The summed E-state index contributed by atoms with van der Waals surface area (Å²) in [4.78, 5) is 12.8. The first-order valence-corrected chi connectivity index (χ1v) is 9.06. The fourth-order valence-corrected chi connectivity index (χ4v) is 3.27. The molecule has 2 N–H and O–H groups in total. The van der Waals surface area contributed by atoms with Crippen molar-refractivity contribution in [3.63, 3.8) is 0 Å². The van der Waals surface area contributed by atoms with Crippen LogP contribution >= 0.6 is 0 Å². The molecule has 0 bridgehead atoms. The van der Waals surface area contributed by atoms with Crippen LogP contribution in [0.3, 0.4) is 0 Å².